The van der Waals surface area contributed by atoms with E-state index in [1.165, 1.54) is 5.56 Å². The zero-order valence-corrected chi connectivity index (χ0v) is 13.0. The molecular formula is C14H22BrN3O. The number of hydrogen-bond acceptors (Lipinski definition) is 2. The number of hydrogen-bond donors (Lipinski definition) is 1. The summed E-state index contributed by atoms with van der Waals surface area (Å²) in [5.74, 6) is 0.270. The Bertz CT molecular complexity index is 386. The minimum atomic E-state index is 0. The van der Waals surface area contributed by atoms with E-state index < -0.39 is 0 Å². The summed E-state index contributed by atoms with van der Waals surface area (Å²) >= 11 is 0. The zero-order chi connectivity index (χ0) is 12.8. The summed E-state index contributed by atoms with van der Waals surface area (Å²) in [7, 11) is 0. The van der Waals surface area contributed by atoms with E-state index in [4.69, 9.17) is 0 Å². The Morgan fingerprint density at radius 3 is 2.79 bits per heavy atom. The lowest BCUT2D eigenvalue weighted by Gasteiger charge is -2.19. The molecule has 0 saturated carbocycles. The molecule has 19 heavy (non-hydrogen) atoms. The van der Waals surface area contributed by atoms with Crippen molar-refractivity contribution >= 4 is 5.91 Å². The largest absolute Gasteiger partial charge is 1.00 e. The Hall–Kier alpha value is -0.940. The van der Waals surface area contributed by atoms with Gasteiger partial charge in [-0.2, -0.15) is 0 Å². The molecule has 1 aromatic rings. The number of pyridine rings is 1. The molecule has 2 rings (SSSR count). The molecule has 1 aromatic heterocycles. The number of amides is 1. The number of rotatable bonds is 3. The van der Waals surface area contributed by atoms with Crippen LogP contribution in [-0.4, -0.2) is 37.0 Å². The summed E-state index contributed by atoms with van der Waals surface area (Å²) in [6.07, 6.45) is 5.72. The smallest absolute Gasteiger partial charge is 0.228 e. The van der Waals surface area contributed by atoms with Crippen molar-refractivity contribution in [1.82, 2.24) is 10.2 Å². The number of carbonyl (C=O) groups is 1. The molecule has 1 N–H and O–H groups in total. The van der Waals surface area contributed by atoms with Crippen molar-refractivity contribution < 1.29 is 26.3 Å². The van der Waals surface area contributed by atoms with Gasteiger partial charge in [0.1, 0.15) is 0 Å². The number of nitrogens with zero attached hydrogens (tertiary/aromatic N) is 2. The number of carbonyl (C=O) groups excluding carboxylic acids is 1. The average Bonchev–Trinajstić information content (AvgIpc) is 2.66. The Labute approximate surface area is 125 Å². The minimum Gasteiger partial charge on any atom is -1.00 e. The molecular weight excluding hydrogens is 306 g/mol. The standard InChI is InChI=1S/C14H22N3O.BrH/c1-13-3-9-16(10-4-13)11-5-14(18)17-8-2-6-15-7-12-17;/h3-4,9-10,15H,2,5-8,11-12H2,1H3;1H/q+1;/p-1. The second kappa shape index (κ2) is 8.27. The first-order valence-electron chi connectivity index (χ1n) is 6.70. The van der Waals surface area contributed by atoms with Crippen LogP contribution in [0.15, 0.2) is 24.5 Å². The van der Waals surface area contributed by atoms with Crippen molar-refractivity contribution in [2.75, 3.05) is 26.2 Å². The predicted octanol–water partition coefficient (Wildman–Crippen LogP) is -2.50. The second-order valence-electron chi connectivity index (χ2n) is 4.85. The summed E-state index contributed by atoms with van der Waals surface area (Å²) in [6, 6.07) is 4.14. The molecule has 2 heterocycles. The van der Waals surface area contributed by atoms with Crippen LogP contribution in [0, 0.1) is 6.92 Å². The molecule has 0 unspecified atom stereocenters. The Kier molecular flexibility index (Phi) is 7.02. The normalized spacial score (nSPS) is 15.5. The average molecular weight is 328 g/mol. The molecule has 106 valence electrons. The van der Waals surface area contributed by atoms with Gasteiger partial charge in [-0.05, 0) is 25.5 Å². The lowest BCUT2D eigenvalue weighted by molar-refractivity contribution is -0.696. The number of aryl methyl sites for hydroxylation is 2. The van der Waals surface area contributed by atoms with E-state index in [9.17, 15) is 4.79 Å². The van der Waals surface area contributed by atoms with Crippen molar-refractivity contribution in [2.45, 2.75) is 26.3 Å². The fourth-order valence-corrected chi connectivity index (χ4v) is 2.16. The lowest BCUT2D eigenvalue weighted by atomic mass is 10.3. The van der Waals surface area contributed by atoms with Gasteiger partial charge in [0.15, 0.2) is 18.9 Å². The van der Waals surface area contributed by atoms with Gasteiger partial charge in [-0.1, -0.05) is 0 Å². The molecule has 1 fully saturated rings. The third kappa shape index (κ3) is 5.28. The van der Waals surface area contributed by atoms with E-state index in [2.05, 4.69) is 28.9 Å². The molecule has 4 nitrogen and oxygen atoms in total. The first-order chi connectivity index (χ1) is 8.75. The van der Waals surface area contributed by atoms with Crippen LogP contribution in [0.3, 0.4) is 0 Å². The van der Waals surface area contributed by atoms with E-state index in [1.54, 1.807) is 0 Å². The van der Waals surface area contributed by atoms with Gasteiger partial charge in [0.05, 0.1) is 6.42 Å². The fourth-order valence-electron chi connectivity index (χ4n) is 2.16. The Morgan fingerprint density at radius 1 is 1.32 bits per heavy atom. The minimum absolute atomic E-state index is 0. The van der Waals surface area contributed by atoms with Crippen LogP contribution < -0.4 is 26.9 Å². The van der Waals surface area contributed by atoms with E-state index in [0.29, 0.717) is 6.42 Å². The highest BCUT2D eigenvalue weighted by molar-refractivity contribution is 5.75. The second-order valence-corrected chi connectivity index (χ2v) is 4.85. The maximum Gasteiger partial charge on any atom is 0.228 e. The van der Waals surface area contributed by atoms with Crippen molar-refractivity contribution in [2.24, 2.45) is 0 Å². The molecule has 0 atom stereocenters. The molecule has 0 bridgehead atoms. The number of halogens is 1. The summed E-state index contributed by atoms with van der Waals surface area (Å²) < 4.78 is 2.07. The third-order valence-electron chi connectivity index (χ3n) is 3.33. The van der Waals surface area contributed by atoms with Crippen LogP contribution in [-0.2, 0) is 11.3 Å². The Morgan fingerprint density at radius 2 is 2.05 bits per heavy atom. The first kappa shape index (κ1) is 16.1. The molecule has 1 amide bonds. The highest BCUT2D eigenvalue weighted by Gasteiger charge is 2.16. The summed E-state index contributed by atoms with van der Waals surface area (Å²) in [5.41, 5.74) is 1.25. The molecule has 0 aliphatic carbocycles. The highest BCUT2D eigenvalue weighted by atomic mass is 79.9. The quantitative estimate of drug-likeness (QED) is 0.623. The molecule has 5 heteroatoms. The van der Waals surface area contributed by atoms with E-state index in [0.717, 1.165) is 39.1 Å². The number of aromatic nitrogens is 1. The Balaban J connectivity index is 0.00000180. The van der Waals surface area contributed by atoms with Crippen molar-refractivity contribution in [3.05, 3.63) is 30.1 Å². The van der Waals surface area contributed by atoms with Gasteiger partial charge >= 0.3 is 0 Å². The summed E-state index contributed by atoms with van der Waals surface area (Å²) in [5, 5.41) is 3.31. The van der Waals surface area contributed by atoms with Gasteiger partial charge in [0, 0.05) is 31.8 Å². The van der Waals surface area contributed by atoms with Crippen LogP contribution in [0.4, 0.5) is 0 Å². The maximum atomic E-state index is 12.1. The van der Waals surface area contributed by atoms with Crippen molar-refractivity contribution in [3.63, 3.8) is 0 Å². The van der Waals surface area contributed by atoms with Crippen LogP contribution >= 0.6 is 0 Å². The van der Waals surface area contributed by atoms with Gasteiger partial charge in [-0.15, -0.1) is 0 Å². The summed E-state index contributed by atoms with van der Waals surface area (Å²) in [6.45, 7) is 6.52. The van der Waals surface area contributed by atoms with Gasteiger partial charge in [0.2, 0.25) is 5.91 Å². The molecule has 1 saturated heterocycles. The van der Waals surface area contributed by atoms with E-state index >= 15 is 0 Å². The van der Waals surface area contributed by atoms with Crippen molar-refractivity contribution in [1.29, 1.82) is 0 Å². The topological polar surface area (TPSA) is 36.2 Å². The van der Waals surface area contributed by atoms with Gasteiger partial charge in [-0.25, -0.2) is 4.57 Å². The van der Waals surface area contributed by atoms with Crippen LogP contribution in [0.2, 0.25) is 0 Å². The monoisotopic (exact) mass is 327 g/mol. The van der Waals surface area contributed by atoms with Crippen LogP contribution in [0.1, 0.15) is 18.4 Å². The lowest BCUT2D eigenvalue weighted by Crippen LogP contribution is -3.00. The fraction of sp³-hybridized carbons (Fsp3) is 0.571. The number of nitrogens with one attached hydrogen (secondary N) is 1. The van der Waals surface area contributed by atoms with Crippen molar-refractivity contribution in [3.8, 4) is 0 Å². The third-order valence-corrected chi connectivity index (χ3v) is 3.33. The molecule has 0 aromatic carbocycles. The maximum absolute atomic E-state index is 12.1. The van der Waals surface area contributed by atoms with Gasteiger partial charge in [0.25, 0.3) is 0 Å². The SMILES string of the molecule is Cc1cc[n+](CCC(=O)N2CCCNCC2)cc1.[Br-]. The highest BCUT2D eigenvalue weighted by Crippen LogP contribution is 1.99. The molecule has 0 spiro atoms. The van der Waals surface area contributed by atoms with Crippen LogP contribution in [0.5, 0.6) is 0 Å². The molecule has 0 radical (unpaired) electrons. The summed E-state index contributed by atoms with van der Waals surface area (Å²) in [4.78, 5) is 14.1. The van der Waals surface area contributed by atoms with E-state index in [-0.39, 0.29) is 22.9 Å². The van der Waals surface area contributed by atoms with Gasteiger partial charge < -0.3 is 27.2 Å². The predicted molar refractivity (Wildman–Crippen MR) is 70.1 cm³/mol. The van der Waals surface area contributed by atoms with Gasteiger partial charge in [-0.3, -0.25) is 4.79 Å². The molecule has 1 aliphatic rings. The van der Waals surface area contributed by atoms with E-state index in [1.807, 2.05) is 17.3 Å². The first-order valence-corrected chi connectivity index (χ1v) is 6.70. The van der Waals surface area contributed by atoms with Crippen LogP contribution in [0.25, 0.3) is 0 Å². The zero-order valence-electron chi connectivity index (χ0n) is 11.4. The molecule has 1 aliphatic heterocycles.